The molecule has 2 heterocycles. The first-order chi connectivity index (χ1) is 16.7. The van der Waals surface area contributed by atoms with Crippen LogP contribution in [0.5, 0.6) is 0 Å². The molecular formula is C25H27Cl2F2N5O. The van der Waals surface area contributed by atoms with E-state index in [1.165, 1.54) is 0 Å². The number of carbonyl (C=O) groups excluding carboxylic acids is 1. The Morgan fingerprint density at radius 1 is 1.03 bits per heavy atom. The summed E-state index contributed by atoms with van der Waals surface area (Å²) in [5.74, 6) is -3.08. The Hall–Kier alpha value is -2.68. The number of hydrogen-bond donors (Lipinski definition) is 1. The zero-order valence-electron chi connectivity index (χ0n) is 19.6. The maximum atomic E-state index is 14.7. The molecule has 0 atom stereocenters. The van der Waals surface area contributed by atoms with E-state index in [1.807, 2.05) is 51.9 Å². The van der Waals surface area contributed by atoms with Crippen molar-refractivity contribution in [2.45, 2.75) is 19.8 Å². The minimum absolute atomic E-state index is 0.147. The van der Waals surface area contributed by atoms with Crippen LogP contribution in [0.2, 0.25) is 10.0 Å². The Morgan fingerprint density at radius 2 is 1.71 bits per heavy atom. The fraction of sp³-hybridized carbons (Fsp3) is 0.360. The van der Waals surface area contributed by atoms with Crippen molar-refractivity contribution in [1.82, 2.24) is 19.8 Å². The maximum Gasteiger partial charge on any atom is 0.277 e. The minimum Gasteiger partial charge on any atom is -0.368 e. The number of benzene rings is 2. The first kappa shape index (κ1) is 25.4. The minimum atomic E-state index is -3.09. The SMILES string of the molecule is Cc1nc(C(=O)NCC(F)(F)CN2CCN(c3cccc(Cl)c3Cl)CC2)c(C)n1-c1ccccc1. The molecule has 0 saturated carbocycles. The molecule has 1 saturated heterocycles. The van der Waals surface area contributed by atoms with E-state index in [1.54, 1.807) is 24.8 Å². The number of rotatable bonds is 7. The number of amides is 1. The molecule has 0 aliphatic carbocycles. The molecule has 10 heteroatoms. The Labute approximate surface area is 213 Å². The number of imidazole rings is 1. The number of hydrogen-bond acceptors (Lipinski definition) is 4. The Bertz CT molecular complexity index is 1190. The molecule has 1 N–H and O–H groups in total. The van der Waals surface area contributed by atoms with E-state index in [-0.39, 0.29) is 5.69 Å². The number of carbonyl (C=O) groups is 1. The molecule has 0 spiro atoms. The average Bonchev–Trinajstić information content (AvgIpc) is 3.14. The van der Waals surface area contributed by atoms with E-state index in [0.717, 1.165) is 11.4 Å². The van der Waals surface area contributed by atoms with Gasteiger partial charge in [-0.3, -0.25) is 9.69 Å². The molecule has 186 valence electrons. The first-order valence-corrected chi connectivity index (χ1v) is 12.1. The second-order valence-corrected chi connectivity index (χ2v) is 9.42. The van der Waals surface area contributed by atoms with E-state index >= 15 is 0 Å². The number of aromatic nitrogens is 2. The van der Waals surface area contributed by atoms with E-state index in [4.69, 9.17) is 23.2 Å². The topological polar surface area (TPSA) is 53.4 Å². The van der Waals surface area contributed by atoms with Crippen LogP contribution in [0.15, 0.2) is 48.5 Å². The van der Waals surface area contributed by atoms with Gasteiger partial charge in [-0.2, -0.15) is 0 Å². The van der Waals surface area contributed by atoms with Crippen molar-refractivity contribution in [3.05, 3.63) is 75.8 Å². The quantitative estimate of drug-likeness (QED) is 0.476. The highest BCUT2D eigenvalue weighted by Gasteiger charge is 2.34. The predicted octanol–water partition coefficient (Wildman–Crippen LogP) is 4.98. The van der Waals surface area contributed by atoms with Gasteiger partial charge in [0.05, 0.1) is 34.5 Å². The van der Waals surface area contributed by atoms with E-state index in [0.29, 0.717) is 47.7 Å². The van der Waals surface area contributed by atoms with Crippen molar-refractivity contribution < 1.29 is 13.6 Å². The predicted molar refractivity (Wildman–Crippen MR) is 135 cm³/mol. The summed E-state index contributed by atoms with van der Waals surface area (Å²) in [6, 6.07) is 14.9. The Balaban J connectivity index is 1.33. The van der Waals surface area contributed by atoms with Gasteiger partial charge in [-0.25, -0.2) is 13.8 Å². The Kier molecular flexibility index (Phi) is 7.64. The van der Waals surface area contributed by atoms with E-state index in [9.17, 15) is 13.6 Å². The van der Waals surface area contributed by atoms with E-state index < -0.39 is 24.9 Å². The van der Waals surface area contributed by atoms with Gasteiger partial charge < -0.3 is 14.8 Å². The highest BCUT2D eigenvalue weighted by Crippen LogP contribution is 2.33. The summed E-state index contributed by atoms with van der Waals surface area (Å²) in [7, 11) is 0. The molecule has 6 nitrogen and oxygen atoms in total. The van der Waals surface area contributed by atoms with Gasteiger partial charge >= 0.3 is 0 Å². The maximum absolute atomic E-state index is 14.7. The number of nitrogens with one attached hydrogen (secondary N) is 1. The summed E-state index contributed by atoms with van der Waals surface area (Å²) in [6.07, 6.45) is 0. The van der Waals surface area contributed by atoms with Crippen LogP contribution < -0.4 is 10.2 Å². The average molecular weight is 522 g/mol. The van der Waals surface area contributed by atoms with Crippen molar-refractivity contribution >= 4 is 34.8 Å². The summed E-state index contributed by atoms with van der Waals surface area (Å²) < 4.78 is 31.3. The van der Waals surface area contributed by atoms with Gasteiger partial charge in [0.2, 0.25) is 0 Å². The summed E-state index contributed by atoms with van der Waals surface area (Å²) in [6.45, 7) is 4.34. The number of anilines is 1. The van der Waals surface area contributed by atoms with Crippen LogP contribution in [0, 0.1) is 13.8 Å². The van der Waals surface area contributed by atoms with Crippen molar-refractivity contribution in [2.24, 2.45) is 0 Å². The third-order valence-electron chi connectivity index (χ3n) is 6.11. The third-order valence-corrected chi connectivity index (χ3v) is 6.92. The first-order valence-electron chi connectivity index (χ1n) is 11.3. The number of nitrogens with zero attached hydrogens (tertiary/aromatic N) is 4. The number of para-hydroxylation sites is 1. The van der Waals surface area contributed by atoms with Crippen LogP contribution >= 0.6 is 23.2 Å². The lowest BCUT2D eigenvalue weighted by Crippen LogP contribution is -2.52. The molecule has 0 unspecified atom stereocenters. The number of alkyl halides is 2. The lowest BCUT2D eigenvalue weighted by Gasteiger charge is -2.37. The van der Waals surface area contributed by atoms with Gasteiger partial charge in [-0.15, -0.1) is 0 Å². The molecule has 1 aromatic heterocycles. The molecule has 4 rings (SSSR count). The third kappa shape index (κ3) is 5.77. The molecule has 0 bridgehead atoms. The molecular weight excluding hydrogens is 495 g/mol. The van der Waals surface area contributed by atoms with Crippen LogP contribution in [-0.2, 0) is 0 Å². The molecule has 1 aliphatic heterocycles. The zero-order valence-corrected chi connectivity index (χ0v) is 21.1. The monoisotopic (exact) mass is 521 g/mol. The lowest BCUT2D eigenvalue weighted by molar-refractivity contribution is -0.0304. The highest BCUT2D eigenvalue weighted by atomic mass is 35.5. The molecule has 2 aromatic carbocycles. The highest BCUT2D eigenvalue weighted by molar-refractivity contribution is 6.43. The zero-order chi connectivity index (χ0) is 25.2. The van der Waals surface area contributed by atoms with Gasteiger partial charge in [0.1, 0.15) is 11.5 Å². The summed E-state index contributed by atoms with van der Waals surface area (Å²) in [5.41, 5.74) is 2.41. The fourth-order valence-corrected chi connectivity index (χ4v) is 4.79. The summed E-state index contributed by atoms with van der Waals surface area (Å²) >= 11 is 12.4. The van der Waals surface area contributed by atoms with Crippen molar-refractivity contribution in [2.75, 3.05) is 44.2 Å². The fourth-order valence-electron chi connectivity index (χ4n) is 4.37. The molecule has 35 heavy (non-hydrogen) atoms. The summed E-state index contributed by atoms with van der Waals surface area (Å²) in [5, 5.41) is 3.31. The van der Waals surface area contributed by atoms with Gasteiger partial charge in [0, 0.05) is 31.9 Å². The number of piperazine rings is 1. The van der Waals surface area contributed by atoms with Gasteiger partial charge in [0.15, 0.2) is 0 Å². The van der Waals surface area contributed by atoms with Gasteiger partial charge in [-0.1, -0.05) is 47.5 Å². The number of aryl methyl sites for hydroxylation is 1. The largest absolute Gasteiger partial charge is 0.368 e. The summed E-state index contributed by atoms with van der Waals surface area (Å²) in [4.78, 5) is 20.8. The van der Waals surface area contributed by atoms with Crippen LogP contribution in [0.4, 0.5) is 14.5 Å². The number of halogens is 4. The van der Waals surface area contributed by atoms with Crippen molar-refractivity contribution in [3.8, 4) is 5.69 Å². The second-order valence-electron chi connectivity index (χ2n) is 8.64. The molecule has 1 aliphatic rings. The van der Waals surface area contributed by atoms with Crippen LogP contribution in [0.25, 0.3) is 5.69 Å². The molecule has 1 fully saturated rings. The lowest BCUT2D eigenvalue weighted by atomic mass is 10.2. The van der Waals surface area contributed by atoms with E-state index in [2.05, 4.69) is 10.3 Å². The van der Waals surface area contributed by atoms with Gasteiger partial charge in [-0.05, 0) is 38.1 Å². The van der Waals surface area contributed by atoms with Crippen molar-refractivity contribution in [3.63, 3.8) is 0 Å². The molecule has 1 amide bonds. The smallest absolute Gasteiger partial charge is 0.277 e. The van der Waals surface area contributed by atoms with Crippen molar-refractivity contribution in [1.29, 1.82) is 0 Å². The van der Waals surface area contributed by atoms with Gasteiger partial charge in [0.25, 0.3) is 11.8 Å². The van der Waals surface area contributed by atoms with Crippen LogP contribution in [0.1, 0.15) is 22.0 Å². The second kappa shape index (κ2) is 10.5. The van der Waals surface area contributed by atoms with Crippen LogP contribution in [0.3, 0.4) is 0 Å². The molecule has 0 radical (unpaired) electrons. The Morgan fingerprint density at radius 3 is 2.40 bits per heavy atom. The van der Waals surface area contributed by atoms with Crippen LogP contribution in [-0.4, -0.2) is 65.5 Å². The molecule has 3 aromatic rings. The normalized spacial score (nSPS) is 14.9. The standard InChI is InChI=1S/C25H27Cl2F2N5O/c1-17-23(31-18(2)34(17)19-7-4-3-5-8-19)24(35)30-15-25(28,29)16-32-11-13-33(14-12-32)21-10-6-9-20(26)22(21)27/h3-10H,11-16H2,1-2H3,(H,30,35).